The zero-order valence-electron chi connectivity index (χ0n) is 13.5. The molecule has 23 heavy (non-hydrogen) atoms. The summed E-state index contributed by atoms with van der Waals surface area (Å²) >= 11 is 0. The van der Waals surface area contributed by atoms with Crippen molar-refractivity contribution in [1.82, 2.24) is 5.32 Å². The van der Waals surface area contributed by atoms with Crippen LogP contribution in [0.2, 0.25) is 0 Å². The highest BCUT2D eigenvalue weighted by molar-refractivity contribution is 5.95. The van der Waals surface area contributed by atoms with Crippen molar-refractivity contribution in [3.05, 3.63) is 65.2 Å². The molecule has 0 aliphatic rings. The Bertz CT molecular complexity index is 641. The third-order valence-electron chi connectivity index (χ3n) is 3.74. The molecule has 122 valence electrons. The van der Waals surface area contributed by atoms with Crippen LogP contribution >= 0.6 is 0 Å². The number of amides is 1. The van der Waals surface area contributed by atoms with Crippen LogP contribution in [0.4, 0.5) is 5.69 Å². The van der Waals surface area contributed by atoms with Crippen LogP contribution in [0, 0.1) is 6.92 Å². The first-order chi connectivity index (χ1) is 11.2. The number of rotatable bonds is 8. The van der Waals surface area contributed by atoms with Crippen LogP contribution < -0.4 is 10.6 Å². The molecule has 0 unspecified atom stereocenters. The molecule has 4 heteroatoms. The maximum atomic E-state index is 11.9. The lowest BCUT2D eigenvalue weighted by Crippen LogP contribution is -2.26. The fourth-order valence-corrected chi connectivity index (χ4v) is 2.44. The van der Waals surface area contributed by atoms with Crippen LogP contribution in [0.15, 0.2) is 48.5 Å². The fraction of sp³-hybridized carbons (Fsp3) is 0.316. The van der Waals surface area contributed by atoms with E-state index in [1.807, 2.05) is 18.2 Å². The summed E-state index contributed by atoms with van der Waals surface area (Å²) in [5.74, 6) is -0.164. The summed E-state index contributed by atoms with van der Waals surface area (Å²) in [6, 6.07) is 15.9. The second kappa shape index (κ2) is 8.96. The molecule has 0 aliphatic carbocycles. The van der Waals surface area contributed by atoms with Gasteiger partial charge >= 0.3 is 0 Å². The lowest BCUT2D eigenvalue weighted by atomic mass is 10.0. The van der Waals surface area contributed by atoms with E-state index in [1.165, 1.54) is 11.1 Å². The van der Waals surface area contributed by atoms with E-state index in [2.05, 4.69) is 41.8 Å². The molecule has 0 saturated carbocycles. The lowest BCUT2D eigenvalue weighted by molar-refractivity contribution is 0.0945. The number of hydrogen-bond acceptors (Lipinski definition) is 3. The molecular weight excluding hydrogens is 288 g/mol. The highest BCUT2D eigenvalue weighted by Gasteiger charge is 2.05. The van der Waals surface area contributed by atoms with E-state index >= 15 is 0 Å². The Labute approximate surface area is 137 Å². The molecule has 2 aromatic carbocycles. The largest absolute Gasteiger partial charge is 0.395 e. The van der Waals surface area contributed by atoms with Crippen molar-refractivity contribution in [2.24, 2.45) is 0 Å². The van der Waals surface area contributed by atoms with Crippen molar-refractivity contribution in [3.8, 4) is 0 Å². The van der Waals surface area contributed by atoms with Crippen LogP contribution in [-0.2, 0) is 6.42 Å². The summed E-state index contributed by atoms with van der Waals surface area (Å²) in [5.41, 5.74) is 4.25. The minimum Gasteiger partial charge on any atom is -0.395 e. The van der Waals surface area contributed by atoms with Crippen LogP contribution in [0.25, 0.3) is 0 Å². The summed E-state index contributed by atoms with van der Waals surface area (Å²) in [4.78, 5) is 11.9. The van der Waals surface area contributed by atoms with Gasteiger partial charge in [0, 0.05) is 24.3 Å². The maximum Gasteiger partial charge on any atom is 0.251 e. The average molecular weight is 312 g/mol. The van der Waals surface area contributed by atoms with E-state index in [0.717, 1.165) is 25.1 Å². The predicted octanol–water partition coefficient (Wildman–Crippen LogP) is 2.76. The Balaban J connectivity index is 1.82. The second-order valence-corrected chi connectivity index (χ2v) is 5.52. The van der Waals surface area contributed by atoms with Gasteiger partial charge in [0.1, 0.15) is 0 Å². The van der Waals surface area contributed by atoms with Gasteiger partial charge < -0.3 is 15.7 Å². The molecule has 0 atom stereocenters. The van der Waals surface area contributed by atoms with Crippen LogP contribution in [-0.4, -0.2) is 30.7 Å². The van der Waals surface area contributed by atoms with E-state index in [0.29, 0.717) is 5.56 Å². The van der Waals surface area contributed by atoms with Gasteiger partial charge in [-0.2, -0.15) is 0 Å². The third kappa shape index (κ3) is 5.42. The van der Waals surface area contributed by atoms with Gasteiger partial charge in [-0.05, 0) is 49.1 Å². The number of anilines is 1. The van der Waals surface area contributed by atoms with Gasteiger partial charge in [0.2, 0.25) is 0 Å². The normalized spacial score (nSPS) is 10.3. The van der Waals surface area contributed by atoms with Crippen molar-refractivity contribution in [1.29, 1.82) is 0 Å². The Kier molecular flexibility index (Phi) is 6.63. The number of carbonyl (C=O) groups excluding carboxylic acids is 1. The summed E-state index contributed by atoms with van der Waals surface area (Å²) in [6.45, 7) is 3.21. The molecule has 0 saturated heterocycles. The monoisotopic (exact) mass is 312 g/mol. The summed E-state index contributed by atoms with van der Waals surface area (Å²) < 4.78 is 0. The molecule has 2 aromatic rings. The van der Waals surface area contributed by atoms with Crippen LogP contribution in [0.1, 0.15) is 27.9 Å². The molecule has 0 heterocycles. The molecule has 0 aliphatic heterocycles. The van der Waals surface area contributed by atoms with Crippen molar-refractivity contribution in [2.75, 3.05) is 25.0 Å². The highest BCUT2D eigenvalue weighted by atomic mass is 16.3. The van der Waals surface area contributed by atoms with E-state index < -0.39 is 0 Å². The molecule has 0 fully saturated rings. The van der Waals surface area contributed by atoms with E-state index in [4.69, 9.17) is 5.11 Å². The minimum absolute atomic E-state index is 0.0530. The minimum atomic E-state index is -0.164. The Hall–Kier alpha value is -2.33. The van der Waals surface area contributed by atoms with Gasteiger partial charge in [0.05, 0.1) is 6.61 Å². The number of carbonyl (C=O) groups is 1. The lowest BCUT2D eigenvalue weighted by Gasteiger charge is -2.09. The average Bonchev–Trinajstić information content (AvgIpc) is 2.58. The van der Waals surface area contributed by atoms with Crippen LogP contribution in [0.3, 0.4) is 0 Å². The molecular formula is C19H24N2O2. The number of nitrogens with one attached hydrogen (secondary N) is 2. The first-order valence-electron chi connectivity index (χ1n) is 7.98. The van der Waals surface area contributed by atoms with E-state index in [9.17, 15) is 4.79 Å². The molecule has 0 radical (unpaired) electrons. The molecule has 2 rings (SSSR count). The molecule has 1 amide bonds. The van der Waals surface area contributed by atoms with Gasteiger partial charge in [0.15, 0.2) is 0 Å². The quantitative estimate of drug-likeness (QED) is 0.657. The Morgan fingerprint density at radius 1 is 1.09 bits per heavy atom. The van der Waals surface area contributed by atoms with E-state index in [-0.39, 0.29) is 19.1 Å². The number of aliphatic hydroxyl groups is 1. The van der Waals surface area contributed by atoms with Gasteiger partial charge in [-0.3, -0.25) is 4.79 Å². The second-order valence-electron chi connectivity index (χ2n) is 5.52. The van der Waals surface area contributed by atoms with E-state index in [1.54, 1.807) is 6.07 Å². The smallest absolute Gasteiger partial charge is 0.251 e. The summed E-state index contributed by atoms with van der Waals surface area (Å²) in [7, 11) is 0. The predicted molar refractivity (Wildman–Crippen MR) is 93.9 cm³/mol. The Morgan fingerprint density at radius 2 is 1.91 bits per heavy atom. The third-order valence-corrected chi connectivity index (χ3v) is 3.74. The number of hydrogen-bond donors (Lipinski definition) is 3. The number of benzene rings is 2. The van der Waals surface area contributed by atoms with Crippen molar-refractivity contribution in [2.45, 2.75) is 19.8 Å². The summed E-state index contributed by atoms with van der Waals surface area (Å²) in [5, 5.41) is 14.8. The van der Waals surface area contributed by atoms with Gasteiger partial charge in [-0.1, -0.05) is 30.3 Å². The van der Waals surface area contributed by atoms with Gasteiger partial charge in [0.25, 0.3) is 5.91 Å². The number of aryl methyl sites for hydroxylation is 2. The van der Waals surface area contributed by atoms with Gasteiger partial charge in [-0.25, -0.2) is 0 Å². The topological polar surface area (TPSA) is 61.4 Å². The SMILES string of the molecule is Cc1ccccc1CCCNc1cccc(C(=O)NCCO)c1. The Morgan fingerprint density at radius 3 is 2.70 bits per heavy atom. The van der Waals surface area contributed by atoms with Gasteiger partial charge in [-0.15, -0.1) is 0 Å². The first-order valence-corrected chi connectivity index (χ1v) is 7.98. The summed E-state index contributed by atoms with van der Waals surface area (Å²) in [6.07, 6.45) is 2.07. The van der Waals surface area contributed by atoms with Crippen molar-refractivity contribution in [3.63, 3.8) is 0 Å². The first kappa shape index (κ1) is 17.0. The molecule has 3 N–H and O–H groups in total. The fourth-order valence-electron chi connectivity index (χ4n) is 2.44. The van der Waals surface area contributed by atoms with Crippen LogP contribution in [0.5, 0.6) is 0 Å². The highest BCUT2D eigenvalue weighted by Crippen LogP contribution is 2.12. The number of aliphatic hydroxyl groups excluding tert-OH is 1. The molecule has 4 nitrogen and oxygen atoms in total. The molecule has 0 spiro atoms. The maximum absolute atomic E-state index is 11.9. The van der Waals surface area contributed by atoms with Crippen molar-refractivity contribution >= 4 is 11.6 Å². The standard InChI is InChI=1S/C19H24N2O2/c1-15-6-2-3-7-16(15)9-5-11-20-18-10-4-8-17(14-18)19(23)21-12-13-22/h2-4,6-8,10,14,20,22H,5,9,11-13H2,1H3,(H,21,23). The molecule has 0 aromatic heterocycles. The zero-order valence-corrected chi connectivity index (χ0v) is 13.5. The molecule has 0 bridgehead atoms. The zero-order chi connectivity index (χ0) is 16.5. The van der Waals surface area contributed by atoms with Crippen molar-refractivity contribution < 1.29 is 9.90 Å².